The average molecular weight is 306 g/mol. The first-order chi connectivity index (χ1) is 10.2. The number of benzene rings is 1. The van der Waals surface area contributed by atoms with Gasteiger partial charge in [0.05, 0.1) is 11.8 Å². The van der Waals surface area contributed by atoms with Gasteiger partial charge in [-0.3, -0.25) is 9.89 Å². The first-order valence-electron chi connectivity index (χ1n) is 6.93. The van der Waals surface area contributed by atoms with Gasteiger partial charge in [-0.25, -0.2) is 0 Å². The van der Waals surface area contributed by atoms with Crippen LogP contribution in [0.25, 0.3) is 11.3 Å². The second-order valence-electron chi connectivity index (χ2n) is 5.02. The minimum atomic E-state index is -0.175. The van der Waals surface area contributed by atoms with E-state index in [9.17, 15) is 4.79 Å². The van der Waals surface area contributed by atoms with Crippen LogP contribution >= 0.6 is 11.6 Å². The summed E-state index contributed by atoms with van der Waals surface area (Å²) < 4.78 is 5.47. The molecule has 1 aromatic carbocycles. The molecule has 0 aliphatic carbocycles. The van der Waals surface area contributed by atoms with Gasteiger partial charge in [0.2, 0.25) is 0 Å². The molecule has 1 aliphatic rings. The summed E-state index contributed by atoms with van der Waals surface area (Å²) in [6, 6.07) is 9.08. The van der Waals surface area contributed by atoms with E-state index in [1.165, 1.54) is 0 Å². The minimum Gasteiger partial charge on any atom is -0.376 e. The van der Waals surface area contributed by atoms with Gasteiger partial charge >= 0.3 is 0 Å². The number of aromatic amines is 1. The third-order valence-corrected chi connectivity index (χ3v) is 3.69. The van der Waals surface area contributed by atoms with Crippen LogP contribution in [0.3, 0.4) is 0 Å². The molecule has 2 N–H and O–H groups in total. The van der Waals surface area contributed by atoms with Crippen molar-refractivity contribution in [3.8, 4) is 11.3 Å². The van der Waals surface area contributed by atoms with Crippen molar-refractivity contribution in [3.63, 3.8) is 0 Å². The quantitative estimate of drug-likeness (QED) is 0.912. The zero-order valence-corrected chi connectivity index (χ0v) is 12.2. The fourth-order valence-corrected chi connectivity index (χ4v) is 2.53. The molecule has 0 radical (unpaired) electrons. The number of aromatic nitrogens is 2. The molecule has 5 nitrogen and oxygen atoms in total. The molecule has 0 unspecified atom stereocenters. The number of halogens is 1. The maximum Gasteiger partial charge on any atom is 0.269 e. The van der Waals surface area contributed by atoms with Gasteiger partial charge < -0.3 is 10.1 Å². The summed E-state index contributed by atoms with van der Waals surface area (Å²) in [7, 11) is 0. The van der Waals surface area contributed by atoms with Crippen LogP contribution in [0.2, 0.25) is 5.02 Å². The Morgan fingerprint density at radius 3 is 3.14 bits per heavy atom. The molecule has 6 heteroatoms. The number of ether oxygens (including phenoxy) is 1. The van der Waals surface area contributed by atoms with Crippen molar-refractivity contribution in [1.29, 1.82) is 0 Å². The van der Waals surface area contributed by atoms with Gasteiger partial charge in [0.1, 0.15) is 5.69 Å². The van der Waals surface area contributed by atoms with Crippen molar-refractivity contribution in [3.05, 3.63) is 41.0 Å². The molecule has 1 aromatic heterocycles. The van der Waals surface area contributed by atoms with Crippen molar-refractivity contribution < 1.29 is 9.53 Å². The maximum absolute atomic E-state index is 12.0. The van der Waals surface area contributed by atoms with Gasteiger partial charge in [-0.2, -0.15) is 5.10 Å². The van der Waals surface area contributed by atoms with Crippen LogP contribution in [0, 0.1) is 0 Å². The Morgan fingerprint density at radius 1 is 1.48 bits per heavy atom. The van der Waals surface area contributed by atoms with E-state index in [1.807, 2.05) is 18.2 Å². The summed E-state index contributed by atoms with van der Waals surface area (Å²) in [4.78, 5) is 12.0. The van der Waals surface area contributed by atoms with Gasteiger partial charge in [-0.15, -0.1) is 0 Å². The summed E-state index contributed by atoms with van der Waals surface area (Å²) in [5.74, 6) is -0.175. The molecule has 1 aliphatic heterocycles. The topological polar surface area (TPSA) is 67.0 Å². The van der Waals surface area contributed by atoms with Crippen LogP contribution in [0.1, 0.15) is 23.3 Å². The van der Waals surface area contributed by atoms with E-state index in [-0.39, 0.29) is 12.0 Å². The Hall–Kier alpha value is -1.85. The molecule has 0 bridgehead atoms. The van der Waals surface area contributed by atoms with E-state index in [0.717, 1.165) is 25.0 Å². The maximum atomic E-state index is 12.0. The van der Waals surface area contributed by atoms with Crippen molar-refractivity contribution >= 4 is 17.5 Å². The Labute approximate surface area is 127 Å². The van der Waals surface area contributed by atoms with Crippen LogP contribution in [-0.4, -0.2) is 35.4 Å². The highest BCUT2D eigenvalue weighted by Gasteiger charge is 2.17. The first-order valence-corrected chi connectivity index (χ1v) is 7.31. The van der Waals surface area contributed by atoms with Crippen molar-refractivity contribution in [2.45, 2.75) is 18.9 Å². The van der Waals surface area contributed by atoms with Crippen LogP contribution in [0.15, 0.2) is 30.3 Å². The predicted molar refractivity (Wildman–Crippen MR) is 80.3 cm³/mol. The number of hydrogen-bond acceptors (Lipinski definition) is 3. The van der Waals surface area contributed by atoms with Gasteiger partial charge in [0.15, 0.2) is 0 Å². The van der Waals surface area contributed by atoms with Gasteiger partial charge in [0, 0.05) is 23.7 Å². The van der Waals surface area contributed by atoms with E-state index in [4.69, 9.17) is 16.3 Å². The van der Waals surface area contributed by atoms with Crippen LogP contribution < -0.4 is 5.32 Å². The van der Waals surface area contributed by atoms with Gasteiger partial charge in [-0.1, -0.05) is 23.7 Å². The largest absolute Gasteiger partial charge is 0.376 e. The van der Waals surface area contributed by atoms with Crippen LogP contribution in [-0.2, 0) is 4.74 Å². The molecule has 2 heterocycles. The minimum absolute atomic E-state index is 0.129. The molecule has 2 aromatic rings. The Morgan fingerprint density at radius 2 is 2.38 bits per heavy atom. The summed E-state index contributed by atoms with van der Waals surface area (Å²) in [5.41, 5.74) is 2.00. The normalized spacial score (nSPS) is 17.9. The molecule has 1 atom stereocenters. The lowest BCUT2D eigenvalue weighted by Crippen LogP contribution is -2.31. The van der Waals surface area contributed by atoms with E-state index < -0.39 is 0 Å². The molecular formula is C15H16ClN3O2. The van der Waals surface area contributed by atoms with Crippen LogP contribution in [0.5, 0.6) is 0 Å². The molecule has 0 spiro atoms. The fraction of sp³-hybridized carbons (Fsp3) is 0.333. The summed E-state index contributed by atoms with van der Waals surface area (Å²) in [6.07, 6.45) is 2.19. The van der Waals surface area contributed by atoms with Gasteiger partial charge in [-0.05, 0) is 31.0 Å². The summed E-state index contributed by atoms with van der Waals surface area (Å²) in [6.45, 7) is 1.31. The zero-order valence-electron chi connectivity index (χ0n) is 11.4. The van der Waals surface area contributed by atoms with Crippen molar-refractivity contribution in [1.82, 2.24) is 15.5 Å². The SMILES string of the molecule is O=C(NC[C@@H]1CCCO1)c1cc(-c2cccc(Cl)c2)n[nH]1. The number of carbonyl (C=O) groups is 1. The molecule has 0 saturated carbocycles. The zero-order chi connectivity index (χ0) is 14.7. The number of amides is 1. The predicted octanol–water partition coefficient (Wildman–Crippen LogP) is 2.64. The summed E-state index contributed by atoms with van der Waals surface area (Å²) in [5, 5.41) is 10.4. The lowest BCUT2D eigenvalue weighted by molar-refractivity contribution is 0.0853. The molecule has 110 valence electrons. The molecule has 3 rings (SSSR count). The monoisotopic (exact) mass is 305 g/mol. The average Bonchev–Trinajstić information content (AvgIpc) is 3.16. The van der Waals surface area contributed by atoms with E-state index in [1.54, 1.807) is 12.1 Å². The molecule has 1 amide bonds. The van der Waals surface area contributed by atoms with E-state index >= 15 is 0 Å². The Kier molecular flexibility index (Phi) is 4.22. The highest BCUT2D eigenvalue weighted by Crippen LogP contribution is 2.21. The Bertz CT molecular complexity index is 635. The lowest BCUT2D eigenvalue weighted by Gasteiger charge is -2.09. The Balaban J connectivity index is 1.65. The third kappa shape index (κ3) is 3.43. The molecule has 1 fully saturated rings. The fourth-order valence-electron chi connectivity index (χ4n) is 2.34. The number of carbonyl (C=O) groups excluding carboxylic acids is 1. The highest BCUT2D eigenvalue weighted by atomic mass is 35.5. The standard InChI is InChI=1S/C15H16ClN3O2/c16-11-4-1-3-10(7-11)13-8-14(19-18-13)15(20)17-9-12-5-2-6-21-12/h1,3-4,7-8,12H,2,5-6,9H2,(H,17,20)(H,18,19)/t12-/m0/s1. The smallest absolute Gasteiger partial charge is 0.269 e. The molecular weight excluding hydrogens is 290 g/mol. The van der Waals surface area contributed by atoms with E-state index in [0.29, 0.717) is 23.0 Å². The third-order valence-electron chi connectivity index (χ3n) is 3.46. The molecule has 1 saturated heterocycles. The van der Waals surface area contributed by atoms with Crippen LogP contribution in [0.4, 0.5) is 0 Å². The van der Waals surface area contributed by atoms with E-state index in [2.05, 4.69) is 15.5 Å². The number of H-pyrrole nitrogens is 1. The van der Waals surface area contributed by atoms with Crippen molar-refractivity contribution in [2.24, 2.45) is 0 Å². The van der Waals surface area contributed by atoms with Gasteiger partial charge in [0.25, 0.3) is 5.91 Å². The second-order valence-corrected chi connectivity index (χ2v) is 5.46. The number of nitrogens with one attached hydrogen (secondary N) is 2. The highest BCUT2D eigenvalue weighted by molar-refractivity contribution is 6.30. The molecule has 21 heavy (non-hydrogen) atoms. The number of hydrogen-bond donors (Lipinski definition) is 2. The number of nitrogens with zero attached hydrogens (tertiary/aromatic N) is 1. The first kappa shape index (κ1) is 14.1. The van der Waals surface area contributed by atoms with Crippen molar-refractivity contribution in [2.75, 3.05) is 13.2 Å². The summed E-state index contributed by atoms with van der Waals surface area (Å²) >= 11 is 5.96. The second kappa shape index (κ2) is 6.28. The number of rotatable bonds is 4. The lowest BCUT2D eigenvalue weighted by atomic mass is 10.1.